The normalized spacial score (nSPS) is 22.0. The van der Waals surface area contributed by atoms with Crippen molar-refractivity contribution in [3.8, 4) is 33.4 Å². The van der Waals surface area contributed by atoms with Crippen LogP contribution in [0.4, 0.5) is 0 Å². The van der Waals surface area contributed by atoms with Crippen LogP contribution in [0.3, 0.4) is 0 Å². The molecule has 2 atom stereocenters. The van der Waals surface area contributed by atoms with E-state index in [9.17, 15) is 0 Å². The van der Waals surface area contributed by atoms with Crippen molar-refractivity contribution in [1.29, 1.82) is 0 Å². The van der Waals surface area contributed by atoms with E-state index in [0.29, 0.717) is 0 Å². The Kier molecular flexibility index (Phi) is 5.75. The van der Waals surface area contributed by atoms with Gasteiger partial charge < -0.3 is 0 Å². The average molecular weight is 577 g/mol. The van der Waals surface area contributed by atoms with Crippen LogP contribution < -0.4 is 0 Å². The monoisotopic (exact) mass is 576 g/mol. The Morgan fingerprint density at radius 3 is 2.16 bits per heavy atom. The smallest absolute Gasteiger partial charge is 0.0722 e. The lowest BCUT2D eigenvalue weighted by molar-refractivity contribution is 0.600. The minimum absolute atomic E-state index is 0.0446. The molecule has 9 rings (SSSR count). The molecular weight excluding hydrogens is 540 g/mol. The summed E-state index contributed by atoms with van der Waals surface area (Å²) >= 11 is 0. The van der Waals surface area contributed by atoms with E-state index in [-0.39, 0.29) is 10.8 Å². The third-order valence-corrected chi connectivity index (χ3v) is 10.8. The number of allylic oxidation sites excluding steroid dienone is 8. The van der Waals surface area contributed by atoms with Gasteiger partial charge in [-0.15, -0.1) is 0 Å². The first-order valence-electron chi connectivity index (χ1n) is 16.4. The Hall–Kier alpha value is -4.94. The van der Waals surface area contributed by atoms with Crippen LogP contribution in [0.5, 0.6) is 0 Å². The minimum atomic E-state index is -0.293. The van der Waals surface area contributed by atoms with Gasteiger partial charge in [0.25, 0.3) is 0 Å². The second kappa shape index (κ2) is 9.78. The van der Waals surface area contributed by atoms with Gasteiger partial charge >= 0.3 is 0 Å². The number of benzene rings is 5. The first-order chi connectivity index (χ1) is 22.1. The Balaban J connectivity index is 1.31. The second-order valence-corrected chi connectivity index (χ2v) is 13.5. The molecule has 0 N–H and O–H groups in total. The molecule has 0 amide bonds. The molecule has 0 nitrogen and oxygen atoms in total. The Morgan fingerprint density at radius 1 is 0.578 bits per heavy atom. The Morgan fingerprint density at radius 2 is 1.33 bits per heavy atom. The molecule has 45 heavy (non-hydrogen) atoms. The fourth-order valence-electron chi connectivity index (χ4n) is 8.57. The third-order valence-electron chi connectivity index (χ3n) is 10.8. The lowest BCUT2D eigenvalue weighted by Crippen LogP contribution is -2.27. The average Bonchev–Trinajstić information content (AvgIpc) is 3.55. The molecule has 1 spiro atoms. The number of hydrogen-bond acceptors (Lipinski definition) is 0. The van der Waals surface area contributed by atoms with Crippen molar-refractivity contribution in [2.75, 3.05) is 0 Å². The van der Waals surface area contributed by atoms with Gasteiger partial charge in [0, 0.05) is 5.41 Å². The third kappa shape index (κ3) is 3.78. The molecule has 0 saturated carbocycles. The number of aryl methyl sites for hydroxylation is 1. The van der Waals surface area contributed by atoms with Crippen molar-refractivity contribution >= 4 is 5.57 Å². The van der Waals surface area contributed by atoms with Gasteiger partial charge in [-0.1, -0.05) is 146 Å². The molecule has 2 unspecified atom stereocenters. The van der Waals surface area contributed by atoms with Gasteiger partial charge in [0.05, 0.1) is 5.41 Å². The SMILES string of the molecule is Cc1ccc2c(c1)C1(C3=C(CCC=C3)c3ccccc31)c1cc(-c3cc(-c4ccccc4)cc(C4(C)C=CC=CC4)c3)ccc1-2. The summed E-state index contributed by atoms with van der Waals surface area (Å²) < 4.78 is 0. The van der Waals surface area contributed by atoms with Crippen LogP contribution in [0.1, 0.15) is 59.6 Å². The first kappa shape index (κ1) is 26.5. The molecule has 4 aliphatic carbocycles. The van der Waals surface area contributed by atoms with Crippen molar-refractivity contribution in [2.45, 2.75) is 43.9 Å². The highest BCUT2D eigenvalue weighted by Gasteiger charge is 2.52. The predicted octanol–water partition coefficient (Wildman–Crippen LogP) is 11.5. The van der Waals surface area contributed by atoms with E-state index in [1.54, 1.807) is 0 Å². The van der Waals surface area contributed by atoms with Gasteiger partial charge in [-0.3, -0.25) is 0 Å². The van der Waals surface area contributed by atoms with E-state index in [1.165, 1.54) is 77.9 Å². The molecule has 0 heteroatoms. The Labute approximate surface area is 266 Å². The fourth-order valence-corrected chi connectivity index (χ4v) is 8.57. The molecule has 0 aromatic heterocycles. The van der Waals surface area contributed by atoms with Crippen molar-refractivity contribution in [2.24, 2.45) is 0 Å². The van der Waals surface area contributed by atoms with E-state index >= 15 is 0 Å². The van der Waals surface area contributed by atoms with Gasteiger partial charge in [-0.2, -0.15) is 0 Å². The number of fused-ring (bicyclic) bond motifs is 9. The summed E-state index contributed by atoms with van der Waals surface area (Å²) in [5.41, 5.74) is 18.9. The molecule has 0 radical (unpaired) electrons. The number of rotatable bonds is 3. The van der Waals surface area contributed by atoms with E-state index in [4.69, 9.17) is 0 Å². The quantitative estimate of drug-likeness (QED) is 0.200. The van der Waals surface area contributed by atoms with E-state index in [0.717, 1.165) is 19.3 Å². The molecule has 216 valence electrons. The molecule has 0 heterocycles. The standard InChI is InChI=1S/C45H36/c1-30-19-21-38-39-22-20-32(34-26-33(31-13-5-3-6-14-31)27-35(28-34)44(2)23-11-4-12-24-44)29-43(39)45(42(38)25-30)40-17-9-7-15-36(40)37-16-8-10-18-41(37)45/h3-7,9-15,17-23,25-29H,8,16,24H2,1-2H3. The highest BCUT2D eigenvalue weighted by atomic mass is 14.5. The number of hydrogen-bond donors (Lipinski definition) is 0. The minimum Gasteiger partial charge on any atom is -0.0839 e. The van der Waals surface area contributed by atoms with Crippen molar-refractivity contribution in [3.63, 3.8) is 0 Å². The molecule has 0 aliphatic heterocycles. The summed E-state index contributed by atoms with van der Waals surface area (Å²) in [4.78, 5) is 0. The van der Waals surface area contributed by atoms with Crippen molar-refractivity contribution in [3.05, 3.63) is 185 Å². The summed E-state index contributed by atoms with van der Waals surface area (Å²) in [6.07, 6.45) is 17.1. The van der Waals surface area contributed by atoms with Gasteiger partial charge in [-0.05, 0) is 111 Å². The van der Waals surface area contributed by atoms with Gasteiger partial charge in [0.1, 0.15) is 0 Å². The van der Waals surface area contributed by atoms with Gasteiger partial charge in [-0.25, -0.2) is 0 Å². The first-order valence-corrected chi connectivity index (χ1v) is 16.4. The van der Waals surface area contributed by atoms with Crippen molar-refractivity contribution < 1.29 is 0 Å². The highest BCUT2D eigenvalue weighted by molar-refractivity contribution is 5.97. The summed E-state index contributed by atoms with van der Waals surface area (Å²) in [6, 6.07) is 41.7. The maximum Gasteiger partial charge on any atom is 0.0722 e. The molecule has 0 saturated heterocycles. The van der Waals surface area contributed by atoms with Gasteiger partial charge in [0.2, 0.25) is 0 Å². The van der Waals surface area contributed by atoms with Crippen LogP contribution >= 0.6 is 0 Å². The maximum atomic E-state index is 2.53. The summed E-state index contributed by atoms with van der Waals surface area (Å²) in [6.45, 7) is 4.61. The summed E-state index contributed by atoms with van der Waals surface area (Å²) in [7, 11) is 0. The van der Waals surface area contributed by atoms with Gasteiger partial charge in [0.15, 0.2) is 0 Å². The zero-order valence-electron chi connectivity index (χ0n) is 26.0. The fraction of sp³-hybridized carbons (Fsp3) is 0.156. The summed E-state index contributed by atoms with van der Waals surface area (Å²) in [5, 5.41) is 0. The molecule has 4 aliphatic rings. The van der Waals surface area contributed by atoms with E-state index < -0.39 is 0 Å². The maximum absolute atomic E-state index is 2.53. The van der Waals surface area contributed by atoms with Crippen LogP contribution in [0.25, 0.3) is 39.0 Å². The zero-order valence-corrected chi connectivity index (χ0v) is 26.0. The van der Waals surface area contributed by atoms with Crippen LogP contribution in [-0.4, -0.2) is 0 Å². The van der Waals surface area contributed by atoms with Crippen LogP contribution in [0.15, 0.2) is 151 Å². The lowest BCUT2D eigenvalue weighted by Gasteiger charge is -2.33. The molecule has 5 aromatic carbocycles. The second-order valence-electron chi connectivity index (χ2n) is 13.5. The largest absolute Gasteiger partial charge is 0.0839 e. The van der Waals surface area contributed by atoms with Crippen molar-refractivity contribution in [1.82, 2.24) is 0 Å². The predicted molar refractivity (Wildman–Crippen MR) is 189 cm³/mol. The topological polar surface area (TPSA) is 0 Å². The van der Waals surface area contributed by atoms with Crippen LogP contribution in [0.2, 0.25) is 0 Å². The zero-order chi connectivity index (χ0) is 30.2. The highest BCUT2D eigenvalue weighted by Crippen LogP contribution is 2.63. The van der Waals surface area contributed by atoms with E-state index in [2.05, 4.69) is 159 Å². The lowest BCUT2D eigenvalue weighted by atomic mass is 9.68. The summed E-state index contributed by atoms with van der Waals surface area (Å²) in [5.74, 6) is 0. The van der Waals surface area contributed by atoms with Crippen LogP contribution in [-0.2, 0) is 10.8 Å². The molecule has 0 fully saturated rings. The van der Waals surface area contributed by atoms with Crippen LogP contribution in [0, 0.1) is 6.92 Å². The molecule has 0 bridgehead atoms. The van der Waals surface area contributed by atoms with E-state index in [1.807, 2.05) is 0 Å². The molecular formula is C45H36. The Bertz CT molecular complexity index is 2150. The molecule has 5 aromatic rings.